The Balaban J connectivity index is 1.43. The molecule has 4 heteroatoms. The van der Waals surface area contributed by atoms with Gasteiger partial charge in [-0.2, -0.15) is 0 Å². The molecule has 4 nitrogen and oxygen atoms in total. The van der Waals surface area contributed by atoms with E-state index in [0.717, 1.165) is 24.7 Å². The van der Waals surface area contributed by atoms with Crippen LogP contribution in [0.15, 0.2) is 24.3 Å². The molecule has 0 aliphatic carbocycles. The van der Waals surface area contributed by atoms with Crippen LogP contribution in [0.3, 0.4) is 0 Å². The zero-order valence-corrected chi connectivity index (χ0v) is 16.5. The van der Waals surface area contributed by atoms with Crippen molar-refractivity contribution in [1.82, 2.24) is 9.80 Å². The number of carbonyl (C=O) groups excluding carboxylic acids is 1. The van der Waals surface area contributed by atoms with Gasteiger partial charge in [-0.25, -0.2) is 0 Å². The Morgan fingerprint density at radius 2 is 1.65 bits per heavy atom. The number of benzene rings is 1. The summed E-state index contributed by atoms with van der Waals surface area (Å²) in [5.41, 5.74) is 2.10. The van der Waals surface area contributed by atoms with Crippen molar-refractivity contribution in [2.45, 2.75) is 58.4 Å². The standard InChI is InChI=1S/C22H35N3O/c1-18-7-9-21(10-8-18)23-22(26)19(2)25-15-11-20(12-16-25)17-24-13-5-3-4-6-14-24/h7-10,19-20H,3-6,11-17H2,1-2H3,(H,23,26)/t19-/m0/s1. The molecule has 2 aliphatic rings. The third-order valence-corrected chi connectivity index (χ3v) is 6.11. The van der Waals surface area contributed by atoms with E-state index in [1.807, 2.05) is 31.2 Å². The van der Waals surface area contributed by atoms with Crippen LogP contribution in [0.1, 0.15) is 51.0 Å². The quantitative estimate of drug-likeness (QED) is 0.868. The lowest BCUT2D eigenvalue weighted by Gasteiger charge is -2.37. The number of hydrogen-bond acceptors (Lipinski definition) is 3. The highest BCUT2D eigenvalue weighted by Crippen LogP contribution is 2.22. The van der Waals surface area contributed by atoms with Crippen molar-refractivity contribution in [2.75, 3.05) is 38.0 Å². The van der Waals surface area contributed by atoms with E-state index in [-0.39, 0.29) is 11.9 Å². The van der Waals surface area contributed by atoms with Crippen LogP contribution in [0.5, 0.6) is 0 Å². The maximum absolute atomic E-state index is 12.6. The zero-order chi connectivity index (χ0) is 18.4. The number of hydrogen-bond donors (Lipinski definition) is 1. The Morgan fingerprint density at radius 3 is 2.27 bits per heavy atom. The van der Waals surface area contributed by atoms with Gasteiger partial charge in [0, 0.05) is 12.2 Å². The van der Waals surface area contributed by atoms with Crippen LogP contribution in [0.4, 0.5) is 5.69 Å². The van der Waals surface area contributed by atoms with E-state index < -0.39 is 0 Å². The summed E-state index contributed by atoms with van der Waals surface area (Å²) in [5.74, 6) is 0.913. The average Bonchev–Trinajstić information content (AvgIpc) is 2.92. The van der Waals surface area contributed by atoms with E-state index in [9.17, 15) is 4.79 Å². The predicted molar refractivity (Wildman–Crippen MR) is 108 cm³/mol. The Morgan fingerprint density at radius 1 is 1.04 bits per heavy atom. The van der Waals surface area contributed by atoms with E-state index in [2.05, 4.69) is 22.0 Å². The minimum Gasteiger partial charge on any atom is -0.325 e. The molecule has 1 aromatic carbocycles. The molecule has 3 rings (SSSR count). The molecule has 2 saturated heterocycles. The van der Waals surface area contributed by atoms with Crippen molar-refractivity contribution in [3.63, 3.8) is 0 Å². The summed E-state index contributed by atoms with van der Waals surface area (Å²) >= 11 is 0. The number of likely N-dealkylation sites (tertiary alicyclic amines) is 2. The molecule has 0 unspecified atom stereocenters. The number of anilines is 1. The van der Waals surface area contributed by atoms with Crippen molar-refractivity contribution >= 4 is 11.6 Å². The molecule has 1 atom stereocenters. The Bertz CT molecular complexity index is 555. The highest BCUT2D eigenvalue weighted by atomic mass is 16.2. The minimum atomic E-state index is -0.0598. The molecule has 2 fully saturated rings. The lowest BCUT2D eigenvalue weighted by Crippen LogP contribution is -2.47. The van der Waals surface area contributed by atoms with Crippen LogP contribution >= 0.6 is 0 Å². The van der Waals surface area contributed by atoms with E-state index in [4.69, 9.17) is 0 Å². The summed E-state index contributed by atoms with van der Waals surface area (Å²) < 4.78 is 0. The van der Waals surface area contributed by atoms with Gasteiger partial charge in [-0.05, 0) is 83.8 Å². The Labute approximate surface area is 158 Å². The molecule has 1 amide bonds. The van der Waals surface area contributed by atoms with E-state index in [1.165, 1.54) is 63.7 Å². The van der Waals surface area contributed by atoms with Gasteiger partial charge in [0.05, 0.1) is 6.04 Å². The van der Waals surface area contributed by atoms with Crippen LogP contribution in [0, 0.1) is 12.8 Å². The molecular weight excluding hydrogens is 322 g/mol. The van der Waals surface area contributed by atoms with Crippen molar-refractivity contribution < 1.29 is 4.79 Å². The fraction of sp³-hybridized carbons (Fsp3) is 0.682. The Kier molecular flexibility index (Phi) is 7.09. The molecule has 0 saturated carbocycles. The number of nitrogens with zero attached hydrogens (tertiary/aromatic N) is 2. The summed E-state index contributed by atoms with van der Waals surface area (Å²) in [6, 6.07) is 7.97. The number of amides is 1. The maximum atomic E-state index is 12.6. The fourth-order valence-electron chi connectivity index (χ4n) is 4.26. The summed E-state index contributed by atoms with van der Waals surface area (Å²) in [6.45, 7) is 10.0. The predicted octanol–water partition coefficient (Wildman–Crippen LogP) is 3.91. The van der Waals surface area contributed by atoms with E-state index in [1.54, 1.807) is 0 Å². The molecule has 2 aliphatic heterocycles. The number of carbonyl (C=O) groups is 1. The molecule has 0 radical (unpaired) electrons. The second kappa shape index (κ2) is 9.52. The summed E-state index contributed by atoms with van der Waals surface area (Å²) in [6.07, 6.45) is 7.99. The lowest BCUT2D eigenvalue weighted by molar-refractivity contribution is -0.121. The molecule has 0 bridgehead atoms. The molecule has 2 heterocycles. The third kappa shape index (κ3) is 5.55. The average molecular weight is 358 g/mol. The van der Waals surface area contributed by atoms with Gasteiger partial charge in [0.2, 0.25) is 5.91 Å². The van der Waals surface area contributed by atoms with Gasteiger partial charge in [0.25, 0.3) is 0 Å². The van der Waals surface area contributed by atoms with Crippen LogP contribution in [0.2, 0.25) is 0 Å². The summed E-state index contributed by atoms with van der Waals surface area (Å²) in [7, 11) is 0. The first-order valence-corrected chi connectivity index (χ1v) is 10.5. The maximum Gasteiger partial charge on any atom is 0.241 e. The molecule has 26 heavy (non-hydrogen) atoms. The summed E-state index contributed by atoms with van der Waals surface area (Å²) in [4.78, 5) is 17.6. The first-order valence-electron chi connectivity index (χ1n) is 10.5. The number of nitrogens with one attached hydrogen (secondary N) is 1. The highest BCUT2D eigenvalue weighted by molar-refractivity contribution is 5.94. The Hall–Kier alpha value is -1.39. The largest absolute Gasteiger partial charge is 0.325 e. The fourth-order valence-corrected chi connectivity index (χ4v) is 4.26. The molecule has 1 aromatic rings. The zero-order valence-electron chi connectivity index (χ0n) is 16.5. The normalized spacial score (nSPS) is 21.9. The third-order valence-electron chi connectivity index (χ3n) is 6.11. The van der Waals surface area contributed by atoms with E-state index >= 15 is 0 Å². The molecular formula is C22H35N3O. The van der Waals surface area contributed by atoms with E-state index in [0.29, 0.717) is 0 Å². The smallest absolute Gasteiger partial charge is 0.241 e. The monoisotopic (exact) mass is 357 g/mol. The SMILES string of the molecule is Cc1ccc(NC(=O)[C@H](C)N2CCC(CN3CCCCCC3)CC2)cc1. The van der Waals surface area contributed by atoms with Crippen LogP contribution in [0.25, 0.3) is 0 Å². The van der Waals surface area contributed by atoms with Crippen molar-refractivity contribution in [3.05, 3.63) is 29.8 Å². The van der Waals surface area contributed by atoms with Gasteiger partial charge in [-0.1, -0.05) is 30.5 Å². The number of rotatable bonds is 5. The van der Waals surface area contributed by atoms with Gasteiger partial charge in [-0.3, -0.25) is 9.69 Å². The van der Waals surface area contributed by atoms with Crippen LogP contribution in [-0.4, -0.2) is 54.5 Å². The summed E-state index contributed by atoms with van der Waals surface area (Å²) in [5, 5.41) is 3.06. The second-order valence-corrected chi connectivity index (χ2v) is 8.23. The first-order chi connectivity index (χ1) is 12.6. The molecule has 0 aromatic heterocycles. The minimum absolute atomic E-state index is 0.0598. The molecule has 0 spiro atoms. The van der Waals surface area contributed by atoms with Crippen LogP contribution in [-0.2, 0) is 4.79 Å². The van der Waals surface area contributed by atoms with Crippen molar-refractivity contribution in [1.29, 1.82) is 0 Å². The second-order valence-electron chi connectivity index (χ2n) is 8.23. The van der Waals surface area contributed by atoms with Gasteiger partial charge in [0.1, 0.15) is 0 Å². The molecule has 1 N–H and O–H groups in total. The van der Waals surface area contributed by atoms with Gasteiger partial charge in [-0.15, -0.1) is 0 Å². The number of piperidine rings is 1. The lowest BCUT2D eigenvalue weighted by atomic mass is 9.95. The molecule has 144 valence electrons. The topological polar surface area (TPSA) is 35.6 Å². The van der Waals surface area contributed by atoms with Crippen LogP contribution < -0.4 is 5.32 Å². The van der Waals surface area contributed by atoms with Crippen molar-refractivity contribution in [2.24, 2.45) is 5.92 Å². The highest BCUT2D eigenvalue weighted by Gasteiger charge is 2.27. The van der Waals surface area contributed by atoms with Crippen molar-refractivity contribution in [3.8, 4) is 0 Å². The van der Waals surface area contributed by atoms with Gasteiger partial charge < -0.3 is 10.2 Å². The number of aryl methyl sites for hydroxylation is 1. The van der Waals surface area contributed by atoms with Gasteiger partial charge >= 0.3 is 0 Å². The first kappa shape index (κ1) is 19.4. The van der Waals surface area contributed by atoms with Gasteiger partial charge in [0.15, 0.2) is 0 Å².